The van der Waals surface area contributed by atoms with Crippen LogP contribution in [0.3, 0.4) is 0 Å². The average molecular weight is 263 g/mol. The summed E-state index contributed by atoms with van der Waals surface area (Å²) in [5.74, 6) is 0.559. The van der Waals surface area contributed by atoms with Crippen molar-refractivity contribution in [1.82, 2.24) is 0 Å². The molecule has 0 unspecified atom stereocenters. The first-order valence-corrected chi connectivity index (χ1v) is 6.96. The van der Waals surface area contributed by atoms with E-state index in [2.05, 4.69) is 41.5 Å². The minimum atomic E-state index is -0.164. The topological polar surface area (TPSA) is 29.1 Å². The SMILES string of the molecule is CC(C)Oc1c(C(C)(C)C)ccc(C(C)(C)C)c1[O]. The molecule has 1 aromatic rings. The summed E-state index contributed by atoms with van der Waals surface area (Å²) >= 11 is 0. The summed E-state index contributed by atoms with van der Waals surface area (Å²) in [6, 6.07) is 4.00. The summed E-state index contributed by atoms with van der Waals surface area (Å²) in [5, 5.41) is 12.7. The predicted molar refractivity (Wildman–Crippen MR) is 79.7 cm³/mol. The monoisotopic (exact) mass is 263 g/mol. The maximum absolute atomic E-state index is 12.7. The van der Waals surface area contributed by atoms with Crippen LogP contribution < -0.4 is 4.74 Å². The van der Waals surface area contributed by atoms with E-state index in [0.717, 1.165) is 11.1 Å². The van der Waals surface area contributed by atoms with E-state index in [4.69, 9.17) is 4.74 Å². The Kier molecular flexibility index (Phi) is 4.23. The molecule has 0 aliphatic carbocycles. The second-order valence-corrected chi connectivity index (χ2v) is 7.49. The van der Waals surface area contributed by atoms with Crippen molar-refractivity contribution in [2.75, 3.05) is 0 Å². The molecule has 0 aromatic heterocycles. The van der Waals surface area contributed by atoms with E-state index in [9.17, 15) is 5.11 Å². The molecule has 0 spiro atoms. The number of ether oxygens (including phenoxy) is 1. The molecular weight excluding hydrogens is 236 g/mol. The van der Waals surface area contributed by atoms with Crippen LogP contribution in [0.15, 0.2) is 12.1 Å². The zero-order chi connectivity index (χ0) is 15.0. The maximum atomic E-state index is 12.7. The van der Waals surface area contributed by atoms with Crippen molar-refractivity contribution in [2.24, 2.45) is 0 Å². The largest absolute Gasteiger partial charge is 0.487 e. The fourth-order valence-corrected chi connectivity index (χ4v) is 2.10. The van der Waals surface area contributed by atoms with Gasteiger partial charge in [-0.2, -0.15) is 0 Å². The molecule has 2 heteroatoms. The van der Waals surface area contributed by atoms with E-state index in [1.165, 1.54) is 0 Å². The Hall–Kier alpha value is -1.18. The van der Waals surface area contributed by atoms with E-state index >= 15 is 0 Å². The highest BCUT2D eigenvalue weighted by molar-refractivity contribution is 5.55. The van der Waals surface area contributed by atoms with Crippen LogP contribution in [-0.2, 0) is 15.9 Å². The van der Waals surface area contributed by atoms with E-state index in [0.29, 0.717) is 5.75 Å². The van der Waals surface area contributed by atoms with Crippen LogP contribution in [0.4, 0.5) is 0 Å². The summed E-state index contributed by atoms with van der Waals surface area (Å²) in [5.41, 5.74) is 1.54. The molecule has 0 aliphatic heterocycles. The number of hydrogen-bond acceptors (Lipinski definition) is 1. The molecule has 2 nitrogen and oxygen atoms in total. The van der Waals surface area contributed by atoms with Crippen molar-refractivity contribution >= 4 is 0 Å². The molecule has 0 heterocycles. The Labute approximate surface area is 117 Å². The highest BCUT2D eigenvalue weighted by atomic mass is 16.5. The van der Waals surface area contributed by atoms with Crippen LogP contribution in [0.25, 0.3) is 0 Å². The molecule has 107 valence electrons. The van der Waals surface area contributed by atoms with Crippen LogP contribution in [0, 0.1) is 0 Å². The van der Waals surface area contributed by atoms with E-state index < -0.39 is 0 Å². The van der Waals surface area contributed by atoms with E-state index in [-0.39, 0.29) is 22.7 Å². The Morgan fingerprint density at radius 1 is 0.895 bits per heavy atom. The second kappa shape index (κ2) is 5.07. The third kappa shape index (κ3) is 3.65. The lowest BCUT2D eigenvalue weighted by Crippen LogP contribution is -2.18. The third-order valence-corrected chi connectivity index (χ3v) is 3.08. The zero-order valence-corrected chi connectivity index (χ0v) is 13.5. The van der Waals surface area contributed by atoms with Gasteiger partial charge in [0.25, 0.3) is 0 Å². The Morgan fingerprint density at radius 2 is 1.32 bits per heavy atom. The molecule has 0 bridgehead atoms. The maximum Gasteiger partial charge on any atom is 0.224 e. The first kappa shape index (κ1) is 15.9. The molecule has 0 fully saturated rings. The molecule has 1 radical (unpaired) electrons. The van der Waals surface area contributed by atoms with Crippen molar-refractivity contribution in [3.63, 3.8) is 0 Å². The minimum Gasteiger partial charge on any atom is -0.487 e. The molecule has 1 aromatic carbocycles. The minimum absolute atomic E-state index is 0.00372. The first-order chi connectivity index (χ1) is 8.44. The predicted octanol–water partition coefficient (Wildman–Crippen LogP) is 5.21. The summed E-state index contributed by atoms with van der Waals surface area (Å²) in [7, 11) is 0. The van der Waals surface area contributed by atoms with Crippen molar-refractivity contribution in [2.45, 2.75) is 72.3 Å². The lowest BCUT2D eigenvalue weighted by molar-refractivity contribution is 0.213. The third-order valence-electron chi connectivity index (χ3n) is 3.08. The van der Waals surface area contributed by atoms with Crippen molar-refractivity contribution in [1.29, 1.82) is 0 Å². The van der Waals surface area contributed by atoms with Gasteiger partial charge in [0.2, 0.25) is 5.75 Å². The van der Waals surface area contributed by atoms with Crippen LogP contribution in [-0.4, -0.2) is 6.10 Å². The first-order valence-electron chi connectivity index (χ1n) is 6.96. The van der Waals surface area contributed by atoms with Gasteiger partial charge in [-0.05, 0) is 24.7 Å². The van der Waals surface area contributed by atoms with Gasteiger partial charge in [0.15, 0.2) is 5.75 Å². The van der Waals surface area contributed by atoms with Gasteiger partial charge in [0, 0.05) is 11.1 Å². The Balaban J connectivity index is 3.50. The van der Waals surface area contributed by atoms with E-state index in [1.807, 2.05) is 26.0 Å². The number of hydrogen-bond donors (Lipinski definition) is 0. The summed E-state index contributed by atoms with van der Waals surface area (Å²) in [6.07, 6.45) is 0.00372. The van der Waals surface area contributed by atoms with Gasteiger partial charge in [-0.15, -0.1) is 0 Å². The molecular formula is C17H27O2. The van der Waals surface area contributed by atoms with Gasteiger partial charge in [0.1, 0.15) is 0 Å². The number of rotatable bonds is 2. The standard InChI is InChI=1S/C17H27O2/c1-11(2)19-15-13(17(6,7)8)10-9-12(14(15)18)16(3,4)5/h9-11H,1-8H3. The second-order valence-electron chi connectivity index (χ2n) is 7.49. The van der Waals surface area contributed by atoms with Crippen molar-refractivity contribution in [3.8, 4) is 11.5 Å². The van der Waals surface area contributed by atoms with Gasteiger partial charge < -0.3 is 4.74 Å². The smallest absolute Gasteiger partial charge is 0.224 e. The summed E-state index contributed by atoms with van der Waals surface area (Å²) in [6.45, 7) is 16.4. The fraction of sp³-hybridized carbons (Fsp3) is 0.647. The van der Waals surface area contributed by atoms with Crippen LogP contribution in [0.5, 0.6) is 11.5 Å². The summed E-state index contributed by atoms with van der Waals surface area (Å²) in [4.78, 5) is 0. The normalized spacial score (nSPS) is 12.9. The average Bonchev–Trinajstić information content (AvgIpc) is 2.16. The number of benzene rings is 1. The van der Waals surface area contributed by atoms with Crippen LogP contribution >= 0.6 is 0 Å². The quantitative estimate of drug-likeness (QED) is 0.720. The van der Waals surface area contributed by atoms with Crippen molar-refractivity contribution < 1.29 is 9.84 Å². The van der Waals surface area contributed by atoms with Gasteiger partial charge in [-0.3, -0.25) is 5.11 Å². The summed E-state index contributed by atoms with van der Waals surface area (Å²) < 4.78 is 5.83. The molecule has 0 saturated heterocycles. The Bertz CT molecular complexity index is 446. The highest BCUT2D eigenvalue weighted by Crippen LogP contribution is 2.44. The van der Waals surface area contributed by atoms with Crippen LogP contribution in [0.2, 0.25) is 0 Å². The molecule has 1 rings (SSSR count). The zero-order valence-electron chi connectivity index (χ0n) is 13.5. The van der Waals surface area contributed by atoms with Crippen molar-refractivity contribution in [3.05, 3.63) is 23.3 Å². The van der Waals surface area contributed by atoms with Crippen LogP contribution in [0.1, 0.15) is 66.5 Å². The molecule has 0 aliphatic rings. The van der Waals surface area contributed by atoms with Gasteiger partial charge in [-0.25, -0.2) is 0 Å². The molecule has 19 heavy (non-hydrogen) atoms. The lowest BCUT2D eigenvalue weighted by atomic mass is 9.81. The molecule has 0 atom stereocenters. The fourth-order valence-electron chi connectivity index (χ4n) is 2.10. The molecule has 0 saturated carbocycles. The van der Waals surface area contributed by atoms with Gasteiger partial charge in [0.05, 0.1) is 6.10 Å². The highest BCUT2D eigenvalue weighted by Gasteiger charge is 2.28. The van der Waals surface area contributed by atoms with Gasteiger partial charge >= 0.3 is 0 Å². The molecule has 0 amide bonds. The lowest BCUT2D eigenvalue weighted by Gasteiger charge is -2.27. The Morgan fingerprint density at radius 3 is 1.68 bits per heavy atom. The van der Waals surface area contributed by atoms with Gasteiger partial charge in [-0.1, -0.05) is 53.7 Å². The molecule has 0 N–H and O–H groups in total. The van der Waals surface area contributed by atoms with E-state index in [1.54, 1.807) is 0 Å².